The van der Waals surface area contributed by atoms with E-state index < -0.39 is 0 Å². The molecule has 0 fully saturated rings. The highest BCUT2D eigenvalue weighted by Gasteiger charge is 2.11. The van der Waals surface area contributed by atoms with Crippen LogP contribution in [0.2, 0.25) is 0 Å². The van der Waals surface area contributed by atoms with E-state index in [2.05, 4.69) is 0 Å². The van der Waals surface area contributed by atoms with Gasteiger partial charge in [0.25, 0.3) is 0 Å². The van der Waals surface area contributed by atoms with Crippen molar-refractivity contribution in [2.45, 2.75) is 33.6 Å². The first kappa shape index (κ1) is 14.6. The van der Waals surface area contributed by atoms with Crippen LogP contribution in [-0.2, 0) is 11.2 Å². The first-order valence-electron chi connectivity index (χ1n) is 6.23. The molecule has 0 bridgehead atoms. The highest BCUT2D eigenvalue weighted by molar-refractivity contribution is 5.80. The number of aryl methyl sites for hydroxylation is 2. The Labute approximate surface area is 109 Å². The van der Waals surface area contributed by atoms with Crippen LogP contribution in [0.1, 0.15) is 31.4 Å². The van der Waals surface area contributed by atoms with Gasteiger partial charge in [-0.05, 0) is 36.6 Å². The number of ether oxygens (including phenoxy) is 2. The minimum Gasteiger partial charge on any atom is -0.493 e. The van der Waals surface area contributed by atoms with Gasteiger partial charge in [0.05, 0.1) is 14.2 Å². The van der Waals surface area contributed by atoms with Crippen molar-refractivity contribution >= 4 is 5.78 Å². The molecule has 0 atom stereocenters. The van der Waals surface area contributed by atoms with Crippen LogP contribution in [0.4, 0.5) is 0 Å². The minimum atomic E-state index is 0.102. The monoisotopic (exact) mass is 250 g/mol. The van der Waals surface area contributed by atoms with E-state index >= 15 is 0 Å². The zero-order valence-electron chi connectivity index (χ0n) is 11.9. The summed E-state index contributed by atoms with van der Waals surface area (Å²) in [5, 5.41) is 0. The van der Waals surface area contributed by atoms with Crippen LogP contribution in [0.25, 0.3) is 0 Å². The number of carbonyl (C=O) groups excluding carboxylic acids is 1. The summed E-state index contributed by atoms with van der Waals surface area (Å²) in [5.74, 6) is 1.85. The van der Waals surface area contributed by atoms with Crippen molar-refractivity contribution in [3.63, 3.8) is 0 Å². The number of ketones is 1. The van der Waals surface area contributed by atoms with Gasteiger partial charge in [0, 0.05) is 12.3 Å². The van der Waals surface area contributed by atoms with Crippen molar-refractivity contribution in [1.29, 1.82) is 0 Å². The molecule has 0 aliphatic rings. The zero-order valence-corrected chi connectivity index (χ0v) is 11.9. The quantitative estimate of drug-likeness (QED) is 0.778. The molecular weight excluding hydrogens is 228 g/mol. The van der Waals surface area contributed by atoms with E-state index in [-0.39, 0.29) is 5.92 Å². The van der Waals surface area contributed by atoms with Crippen LogP contribution >= 0.6 is 0 Å². The number of carbonyl (C=O) groups is 1. The van der Waals surface area contributed by atoms with Crippen LogP contribution < -0.4 is 9.47 Å². The predicted octanol–water partition coefficient (Wildman–Crippen LogP) is 3.17. The summed E-state index contributed by atoms with van der Waals surface area (Å²) in [7, 11) is 3.25. The van der Waals surface area contributed by atoms with Crippen molar-refractivity contribution in [2.24, 2.45) is 5.92 Å². The third-order valence-corrected chi connectivity index (χ3v) is 3.13. The molecule has 1 aromatic carbocycles. The van der Waals surface area contributed by atoms with Gasteiger partial charge in [0.1, 0.15) is 5.78 Å². The maximum absolute atomic E-state index is 11.6. The van der Waals surface area contributed by atoms with Gasteiger partial charge in [-0.2, -0.15) is 0 Å². The van der Waals surface area contributed by atoms with Crippen molar-refractivity contribution in [1.82, 2.24) is 0 Å². The summed E-state index contributed by atoms with van der Waals surface area (Å²) >= 11 is 0. The van der Waals surface area contributed by atoms with Crippen LogP contribution in [0, 0.1) is 12.8 Å². The third kappa shape index (κ3) is 3.49. The molecule has 100 valence electrons. The Morgan fingerprint density at radius 2 is 1.72 bits per heavy atom. The number of hydrogen-bond acceptors (Lipinski definition) is 3. The van der Waals surface area contributed by atoms with Crippen molar-refractivity contribution in [3.05, 3.63) is 23.3 Å². The number of methoxy groups -OCH3 is 2. The Bertz CT molecular complexity index is 422. The SMILES string of the molecule is COc1cc(C)c(CCC(=O)C(C)C)cc1OC. The van der Waals surface area contributed by atoms with Gasteiger partial charge in [0.15, 0.2) is 11.5 Å². The molecule has 0 N–H and O–H groups in total. The molecule has 18 heavy (non-hydrogen) atoms. The summed E-state index contributed by atoms with van der Waals surface area (Å²) in [5.41, 5.74) is 2.27. The first-order valence-corrected chi connectivity index (χ1v) is 6.23. The van der Waals surface area contributed by atoms with Gasteiger partial charge in [-0.1, -0.05) is 13.8 Å². The van der Waals surface area contributed by atoms with E-state index in [1.165, 1.54) is 0 Å². The van der Waals surface area contributed by atoms with Gasteiger partial charge in [0.2, 0.25) is 0 Å². The normalized spacial score (nSPS) is 10.6. The topological polar surface area (TPSA) is 35.5 Å². The standard InChI is InChI=1S/C15H22O3/c1-10(2)13(16)7-6-12-9-15(18-5)14(17-4)8-11(12)3/h8-10H,6-7H2,1-5H3. The molecule has 3 heteroatoms. The van der Waals surface area contributed by atoms with Crippen LogP contribution in [-0.4, -0.2) is 20.0 Å². The smallest absolute Gasteiger partial charge is 0.161 e. The molecule has 1 aromatic rings. The van der Waals surface area contributed by atoms with Crippen LogP contribution in [0.3, 0.4) is 0 Å². The number of Topliss-reactive ketones (excluding diaryl/α,β-unsaturated/α-hetero) is 1. The molecule has 0 heterocycles. The fourth-order valence-corrected chi connectivity index (χ4v) is 1.84. The fourth-order valence-electron chi connectivity index (χ4n) is 1.84. The van der Waals surface area contributed by atoms with E-state index in [9.17, 15) is 4.79 Å². The van der Waals surface area contributed by atoms with Crippen molar-refractivity contribution in [3.8, 4) is 11.5 Å². The lowest BCUT2D eigenvalue weighted by atomic mass is 9.98. The van der Waals surface area contributed by atoms with E-state index in [0.717, 1.165) is 29.0 Å². The highest BCUT2D eigenvalue weighted by Crippen LogP contribution is 2.30. The Kier molecular flexibility index (Phi) is 5.20. The summed E-state index contributed by atoms with van der Waals surface area (Å²) in [6.07, 6.45) is 1.33. The molecule has 0 unspecified atom stereocenters. The molecule has 0 amide bonds. The molecule has 0 saturated carbocycles. The Hall–Kier alpha value is -1.51. The maximum Gasteiger partial charge on any atom is 0.161 e. The molecule has 1 rings (SSSR count). The Morgan fingerprint density at radius 1 is 1.17 bits per heavy atom. The minimum absolute atomic E-state index is 0.102. The molecule has 0 radical (unpaired) electrons. The number of benzene rings is 1. The van der Waals surface area contributed by atoms with Gasteiger partial charge in [-0.15, -0.1) is 0 Å². The van der Waals surface area contributed by atoms with E-state index in [1.54, 1.807) is 14.2 Å². The van der Waals surface area contributed by atoms with Crippen molar-refractivity contribution in [2.75, 3.05) is 14.2 Å². The van der Waals surface area contributed by atoms with Gasteiger partial charge in [-0.25, -0.2) is 0 Å². The number of hydrogen-bond donors (Lipinski definition) is 0. The summed E-state index contributed by atoms with van der Waals surface area (Å²) < 4.78 is 10.5. The van der Waals surface area contributed by atoms with Gasteiger partial charge >= 0.3 is 0 Å². The van der Waals surface area contributed by atoms with Gasteiger partial charge in [-0.3, -0.25) is 4.79 Å². The molecule has 0 saturated heterocycles. The average molecular weight is 250 g/mol. The van der Waals surface area contributed by atoms with Gasteiger partial charge < -0.3 is 9.47 Å². The van der Waals surface area contributed by atoms with E-state index in [1.807, 2.05) is 32.9 Å². The molecule has 0 aliphatic heterocycles. The lowest BCUT2D eigenvalue weighted by molar-refractivity contribution is -0.121. The molecule has 0 spiro atoms. The Morgan fingerprint density at radius 3 is 2.22 bits per heavy atom. The lowest BCUT2D eigenvalue weighted by Gasteiger charge is -2.13. The first-order chi connectivity index (χ1) is 8.49. The molecule has 0 aliphatic carbocycles. The second kappa shape index (κ2) is 6.43. The molecule has 3 nitrogen and oxygen atoms in total. The molecule has 0 aromatic heterocycles. The Balaban J connectivity index is 2.86. The van der Waals surface area contributed by atoms with Crippen LogP contribution in [0.15, 0.2) is 12.1 Å². The zero-order chi connectivity index (χ0) is 13.7. The van der Waals surface area contributed by atoms with Crippen LogP contribution in [0.5, 0.6) is 11.5 Å². The summed E-state index contributed by atoms with van der Waals surface area (Å²) in [6.45, 7) is 5.89. The second-order valence-corrected chi connectivity index (χ2v) is 4.75. The van der Waals surface area contributed by atoms with Crippen molar-refractivity contribution < 1.29 is 14.3 Å². The molecular formula is C15H22O3. The average Bonchev–Trinajstić information content (AvgIpc) is 2.36. The van der Waals surface area contributed by atoms with E-state index in [0.29, 0.717) is 12.2 Å². The second-order valence-electron chi connectivity index (χ2n) is 4.75. The lowest BCUT2D eigenvalue weighted by Crippen LogP contribution is -2.08. The third-order valence-electron chi connectivity index (χ3n) is 3.13. The number of rotatable bonds is 6. The van der Waals surface area contributed by atoms with E-state index in [4.69, 9.17) is 9.47 Å². The summed E-state index contributed by atoms with van der Waals surface area (Å²) in [4.78, 5) is 11.6. The fraction of sp³-hybridized carbons (Fsp3) is 0.533. The summed E-state index contributed by atoms with van der Waals surface area (Å²) in [6, 6.07) is 3.91. The predicted molar refractivity (Wildman–Crippen MR) is 72.4 cm³/mol. The maximum atomic E-state index is 11.6. The highest BCUT2D eigenvalue weighted by atomic mass is 16.5. The largest absolute Gasteiger partial charge is 0.493 e.